The number of rotatable bonds is 3. The van der Waals surface area contributed by atoms with Crippen molar-refractivity contribution in [1.82, 2.24) is 0 Å². The molecule has 2 aromatic rings. The van der Waals surface area contributed by atoms with Crippen LogP contribution >= 0.6 is 0 Å². The highest BCUT2D eigenvalue weighted by Crippen LogP contribution is 2.22. The molecule has 4 heteroatoms. The third kappa shape index (κ3) is 2.64. The lowest BCUT2D eigenvalue weighted by Crippen LogP contribution is -2.27. The van der Waals surface area contributed by atoms with Crippen molar-refractivity contribution in [2.24, 2.45) is 0 Å². The van der Waals surface area contributed by atoms with E-state index in [9.17, 15) is 9.18 Å². The zero-order valence-electron chi connectivity index (χ0n) is 11.8. The molecule has 0 aliphatic rings. The van der Waals surface area contributed by atoms with Crippen LogP contribution in [0.5, 0.6) is 0 Å². The molecule has 0 heterocycles. The van der Waals surface area contributed by atoms with E-state index in [2.05, 4.69) is 5.32 Å². The summed E-state index contributed by atoms with van der Waals surface area (Å²) in [5.74, 6) is -0.636. The van der Waals surface area contributed by atoms with Crippen LogP contribution in [0.4, 0.5) is 15.8 Å². The Morgan fingerprint density at radius 1 is 1.20 bits per heavy atom. The van der Waals surface area contributed by atoms with Crippen molar-refractivity contribution in [3.8, 4) is 0 Å². The first kappa shape index (κ1) is 14.1. The van der Waals surface area contributed by atoms with Gasteiger partial charge in [0.05, 0.1) is 5.69 Å². The molecule has 2 rings (SSSR count). The fourth-order valence-corrected chi connectivity index (χ4v) is 2.07. The van der Waals surface area contributed by atoms with Gasteiger partial charge in [-0.15, -0.1) is 0 Å². The monoisotopic (exact) mass is 272 g/mol. The van der Waals surface area contributed by atoms with Gasteiger partial charge >= 0.3 is 0 Å². The van der Waals surface area contributed by atoms with E-state index < -0.39 is 5.82 Å². The summed E-state index contributed by atoms with van der Waals surface area (Å²) in [6.45, 7) is 1.86. The zero-order chi connectivity index (χ0) is 14.7. The Bertz CT molecular complexity index is 640. The van der Waals surface area contributed by atoms with Gasteiger partial charge in [0.15, 0.2) is 0 Å². The van der Waals surface area contributed by atoms with Crippen LogP contribution in [0.25, 0.3) is 0 Å². The Morgan fingerprint density at radius 3 is 2.50 bits per heavy atom. The number of anilines is 2. The van der Waals surface area contributed by atoms with E-state index in [0.29, 0.717) is 5.56 Å². The van der Waals surface area contributed by atoms with Crippen molar-refractivity contribution in [2.75, 3.05) is 24.3 Å². The summed E-state index contributed by atoms with van der Waals surface area (Å²) in [7, 11) is 3.40. The highest BCUT2D eigenvalue weighted by molar-refractivity contribution is 6.06. The summed E-state index contributed by atoms with van der Waals surface area (Å²) < 4.78 is 13.7. The molecular weight excluding hydrogens is 255 g/mol. The summed E-state index contributed by atoms with van der Waals surface area (Å²) in [5, 5.41) is 3.02. The van der Waals surface area contributed by atoms with E-state index in [1.807, 2.05) is 26.1 Å². The lowest BCUT2D eigenvalue weighted by atomic mass is 10.1. The highest BCUT2D eigenvalue weighted by Gasteiger charge is 2.18. The Morgan fingerprint density at radius 2 is 1.90 bits per heavy atom. The summed E-state index contributed by atoms with van der Waals surface area (Å²) >= 11 is 0. The summed E-state index contributed by atoms with van der Waals surface area (Å²) in [6, 6.07) is 11.7. The standard InChI is InChI=1S/C16H17FN2O/c1-11-10-12(18-2)8-9-13(11)16(20)19(3)15-7-5-4-6-14(15)17/h4-10,18H,1-3H3. The van der Waals surface area contributed by atoms with Gasteiger partial charge in [-0.25, -0.2) is 4.39 Å². The minimum atomic E-state index is -0.409. The smallest absolute Gasteiger partial charge is 0.258 e. The molecule has 3 nitrogen and oxygen atoms in total. The molecular formula is C16H17FN2O. The number of para-hydroxylation sites is 1. The van der Waals surface area contributed by atoms with Gasteiger partial charge in [0.1, 0.15) is 5.82 Å². The normalized spacial score (nSPS) is 10.2. The molecule has 0 unspecified atom stereocenters. The second-order valence-electron chi connectivity index (χ2n) is 4.60. The molecule has 0 aromatic heterocycles. The molecule has 0 bridgehead atoms. The van der Waals surface area contributed by atoms with E-state index >= 15 is 0 Å². The highest BCUT2D eigenvalue weighted by atomic mass is 19.1. The van der Waals surface area contributed by atoms with E-state index in [1.54, 1.807) is 31.3 Å². The van der Waals surface area contributed by atoms with Gasteiger partial charge in [-0.1, -0.05) is 12.1 Å². The number of carbonyl (C=O) groups is 1. The molecule has 1 amide bonds. The number of carbonyl (C=O) groups excluding carboxylic acids is 1. The van der Waals surface area contributed by atoms with Crippen LogP contribution in [-0.2, 0) is 0 Å². The predicted octanol–water partition coefficient (Wildman–Crippen LogP) is 3.45. The number of benzene rings is 2. The van der Waals surface area contributed by atoms with E-state index in [0.717, 1.165) is 11.3 Å². The van der Waals surface area contributed by atoms with E-state index in [1.165, 1.54) is 11.0 Å². The van der Waals surface area contributed by atoms with Gasteiger partial charge in [-0.2, -0.15) is 0 Å². The van der Waals surface area contributed by atoms with Crippen molar-refractivity contribution in [2.45, 2.75) is 6.92 Å². The Hall–Kier alpha value is -2.36. The van der Waals surface area contributed by atoms with Crippen LogP contribution < -0.4 is 10.2 Å². The summed E-state index contributed by atoms with van der Waals surface area (Å²) in [4.78, 5) is 13.8. The van der Waals surface area contributed by atoms with Crippen LogP contribution in [0.1, 0.15) is 15.9 Å². The number of amides is 1. The summed E-state index contributed by atoms with van der Waals surface area (Å²) in [6.07, 6.45) is 0. The van der Waals surface area contributed by atoms with Gasteiger partial charge in [0, 0.05) is 25.3 Å². The number of halogens is 1. The molecule has 0 atom stereocenters. The SMILES string of the molecule is CNc1ccc(C(=O)N(C)c2ccccc2F)c(C)c1. The van der Waals surface area contributed by atoms with Crippen molar-refractivity contribution < 1.29 is 9.18 Å². The number of aryl methyl sites for hydroxylation is 1. The van der Waals surface area contributed by atoms with Crippen LogP contribution in [0.15, 0.2) is 42.5 Å². The van der Waals surface area contributed by atoms with Crippen molar-refractivity contribution in [3.05, 3.63) is 59.4 Å². The lowest BCUT2D eigenvalue weighted by molar-refractivity contribution is 0.0991. The number of hydrogen-bond donors (Lipinski definition) is 1. The van der Waals surface area contributed by atoms with Crippen LogP contribution in [-0.4, -0.2) is 20.0 Å². The lowest BCUT2D eigenvalue weighted by Gasteiger charge is -2.19. The number of nitrogens with one attached hydrogen (secondary N) is 1. The zero-order valence-corrected chi connectivity index (χ0v) is 11.8. The molecule has 20 heavy (non-hydrogen) atoms. The first-order chi connectivity index (χ1) is 9.54. The van der Waals surface area contributed by atoms with Crippen LogP contribution in [0.3, 0.4) is 0 Å². The average molecular weight is 272 g/mol. The maximum absolute atomic E-state index is 13.7. The maximum atomic E-state index is 13.7. The molecule has 104 valence electrons. The molecule has 0 aliphatic heterocycles. The van der Waals surface area contributed by atoms with Crippen molar-refractivity contribution in [1.29, 1.82) is 0 Å². The van der Waals surface area contributed by atoms with Gasteiger partial charge in [0.2, 0.25) is 0 Å². The van der Waals surface area contributed by atoms with Crippen molar-refractivity contribution in [3.63, 3.8) is 0 Å². The first-order valence-corrected chi connectivity index (χ1v) is 6.35. The van der Waals surface area contributed by atoms with Crippen LogP contribution in [0.2, 0.25) is 0 Å². The number of hydrogen-bond acceptors (Lipinski definition) is 2. The molecule has 0 radical (unpaired) electrons. The van der Waals surface area contributed by atoms with E-state index in [-0.39, 0.29) is 11.6 Å². The predicted molar refractivity (Wildman–Crippen MR) is 79.9 cm³/mol. The molecule has 2 aromatic carbocycles. The quantitative estimate of drug-likeness (QED) is 0.928. The van der Waals surface area contributed by atoms with Gasteiger partial charge in [-0.3, -0.25) is 4.79 Å². The first-order valence-electron chi connectivity index (χ1n) is 6.35. The topological polar surface area (TPSA) is 32.3 Å². The Balaban J connectivity index is 2.34. The van der Waals surface area contributed by atoms with Gasteiger partial charge < -0.3 is 10.2 Å². The van der Waals surface area contributed by atoms with Crippen molar-refractivity contribution >= 4 is 17.3 Å². The third-order valence-electron chi connectivity index (χ3n) is 3.26. The molecule has 0 fully saturated rings. The Labute approximate surface area is 118 Å². The van der Waals surface area contributed by atoms with Gasteiger partial charge in [0.25, 0.3) is 5.91 Å². The average Bonchev–Trinajstić information content (AvgIpc) is 2.46. The number of nitrogens with zero attached hydrogens (tertiary/aromatic N) is 1. The van der Waals surface area contributed by atoms with Gasteiger partial charge in [-0.05, 0) is 42.8 Å². The molecule has 0 saturated heterocycles. The minimum Gasteiger partial charge on any atom is -0.388 e. The third-order valence-corrected chi connectivity index (χ3v) is 3.26. The maximum Gasteiger partial charge on any atom is 0.258 e. The molecule has 0 saturated carbocycles. The molecule has 0 aliphatic carbocycles. The Kier molecular flexibility index (Phi) is 4.03. The largest absolute Gasteiger partial charge is 0.388 e. The van der Waals surface area contributed by atoms with E-state index in [4.69, 9.17) is 0 Å². The minimum absolute atomic E-state index is 0.227. The fourth-order valence-electron chi connectivity index (χ4n) is 2.07. The summed E-state index contributed by atoms with van der Waals surface area (Å²) in [5.41, 5.74) is 2.63. The van der Waals surface area contributed by atoms with Crippen LogP contribution in [0, 0.1) is 12.7 Å². The molecule has 1 N–H and O–H groups in total. The second kappa shape index (κ2) is 5.74. The second-order valence-corrected chi connectivity index (χ2v) is 4.60. The fraction of sp³-hybridized carbons (Fsp3) is 0.188. The molecule has 0 spiro atoms.